The number of rotatable bonds is 1. The zero-order valence-corrected chi connectivity index (χ0v) is 12.5. The molecule has 0 bridgehead atoms. The number of hydroxylamine groups is 2. The van der Waals surface area contributed by atoms with Gasteiger partial charge in [0, 0.05) is 50.5 Å². The van der Waals surface area contributed by atoms with Crippen molar-refractivity contribution in [3.8, 4) is 0 Å². The summed E-state index contributed by atoms with van der Waals surface area (Å²) < 4.78 is 0. The van der Waals surface area contributed by atoms with Crippen LogP contribution in [0.5, 0.6) is 0 Å². The maximum Gasteiger partial charge on any atom is 0.346 e. The Morgan fingerprint density at radius 2 is 1.59 bits per heavy atom. The molecule has 1 aromatic carbocycles. The Balaban J connectivity index is 1.36. The number of urea groups is 1. The van der Waals surface area contributed by atoms with Crippen LogP contribution in [0.4, 0.5) is 4.79 Å². The normalized spacial score (nSPS) is 29.7. The smallest absolute Gasteiger partial charge is 0.342 e. The lowest BCUT2D eigenvalue weighted by Gasteiger charge is -2.20. The van der Waals surface area contributed by atoms with Crippen molar-refractivity contribution in [1.82, 2.24) is 14.9 Å². The first kappa shape index (κ1) is 13.6. The van der Waals surface area contributed by atoms with Gasteiger partial charge < -0.3 is 9.80 Å². The summed E-state index contributed by atoms with van der Waals surface area (Å²) in [6, 6.07) is 9.69. The van der Waals surface area contributed by atoms with E-state index in [1.807, 2.05) is 40.1 Å². The first-order valence-corrected chi connectivity index (χ1v) is 7.69. The first-order valence-electron chi connectivity index (χ1n) is 7.69. The Hall–Kier alpha value is -2.08. The molecule has 0 N–H and O–H groups in total. The van der Waals surface area contributed by atoms with Crippen molar-refractivity contribution < 1.29 is 14.4 Å². The van der Waals surface area contributed by atoms with Crippen molar-refractivity contribution in [2.45, 2.75) is 13.2 Å². The quantitative estimate of drug-likeness (QED) is 0.738. The van der Waals surface area contributed by atoms with Gasteiger partial charge >= 0.3 is 6.03 Å². The molecule has 0 saturated carbocycles. The first-order chi connectivity index (χ1) is 10.6. The maximum atomic E-state index is 12.5. The predicted molar refractivity (Wildman–Crippen MR) is 78.3 cm³/mol. The SMILES string of the molecule is CC(=O)N1CC2CN(C(=O)N3OC3c3ccccc3)CC2C1. The highest BCUT2D eigenvalue weighted by atomic mass is 16.8. The molecule has 3 aliphatic rings. The van der Waals surface area contributed by atoms with Crippen LogP contribution in [0.1, 0.15) is 18.7 Å². The van der Waals surface area contributed by atoms with Crippen molar-refractivity contribution >= 4 is 11.9 Å². The average Bonchev–Trinajstić information content (AvgIpc) is 3.06. The van der Waals surface area contributed by atoms with Gasteiger partial charge in [0.15, 0.2) is 0 Å². The van der Waals surface area contributed by atoms with Crippen LogP contribution in [0.15, 0.2) is 30.3 Å². The fourth-order valence-corrected chi connectivity index (χ4v) is 3.59. The van der Waals surface area contributed by atoms with Crippen molar-refractivity contribution in [1.29, 1.82) is 0 Å². The zero-order chi connectivity index (χ0) is 15.3. The molecule has 0 radical (unpaired) electrons. The second kappa shape index (κ2) is 4.98. The molecule has 3 heterocycles. The summed E-state index contributed by atoms with van der Waals surface area (Å²) in [5.74, 6) is 0.941. The highest BCUT2D eigenvalue weighted by Gasteiger charge is 2.49. The number of amides is 3. The van der Waals surface area contributed by atoms with Crippen LogP contribution >= 0.6 is 0 Å². The molecule has 3 fully saturated rings. The maximum absolute atomic E-state index is 12.5. The highest BCUT2D eigenvalue weighted by Crippen LogP contribution is 2.40. The van der Waals surface area contributed by atoms with Gasteiger partial charge in [0.2, 0.25) is 12.1 Å². The Morgan fingerprint density at radius 3 is 2.18 bits per heavy atom. The van der Waals surface area contributed by atoms with Gasteiger partial charge in [0.05, 0.1) is 0 Å². The van der Waals surface area contributed by atoms with Gasteiger partial charge in [0.25, 0.3) is 0 Å². The van der Waals surface area contributed by atoms with E-state index in [-0.39, 0.29) is 18.2 Å². The topological polar surface area (TPSA) is 56.2 Å². The number of benzene rings is 1. The second-order valence-corrected chi connectivity index (χ2v) is 6.33. The molecule has 6 nitrogen and oxygen atoms in total. The van der Waals surface area contributed by atoms with E-state index in [0.717, 1.165) is 18.7 Å². The summed E-state index contributed by atoms with van der Waals surface area (Å²) >= 11 is 0. The Morgan fingerprint density at radius 1 is 1.00 bits per heavy atom. The molecule has 0 spiro atoms. The monoisotopic (exact) mass is 301 g/mol. The molecule has 0 aliphatic carbocycles. The molecule has 1 aromatic rings. The minimum absolute atomic E-state index is 0.0578. The lowest BCUT2D eigenvalue weighted by Crippen LogP contribution is -2.37. The summed E-state index contributed by atoms with van der Waals surface area (Å²) in [5, 5.41) is 1.44. The third-order valence-electron chi connectivity index (χ3n) is 4.86. The summed E-state index contributed by atoms with van der Waals surface area (Å²) in [6.45, 7) is 4.58. The zero-order valence-electron chi connectivity index (χ0n) is 12.5. The van der Waals surface area contributed by atoms with E-state index in [0.29, 0.717) is 24.9 Å². The van der Waals surface area contributed by atoms with E-state index in [2.05, 4.69) is 0 Å². The number of hydrogen-bond acceptors (Lipinski definition) is 3. The summed E-state index contributed by atoms with van der Waals surface area (Å²) in [5.41, 5.74) is 0.998. The van der Waals surface area contributed by atoms with Crippen molar-refractivity contribution in [2.75, 3.05) is 26.2 Å². The van der Waals surface area contributed by atoms with Gasteiger partial charge in [-0.2, -0.15) is 5.06 Å². The van der Waals surface area contributed by atoms with Gasteiger partial charge in [-0.15, -0.1) is 0 Å². The van der Waals surface area contributed by atoms with E-state index in [1.54, 1.807) is 6.92 Å². The minimum atomic E-state index is -0.247. The van der Waals surface area contributed by atoms with Crippen molar-refractivity contribution in [3.63, 3.8) is 0 Å². The van der Waals surface area contributed by atoms with Crippen LogP contribution in [0.3, 0.4) is 0 Å². The van der Waals surface area contributed by atoms with E-state index in [4.69, 9.17) is 4.84 Å². The van der Waals surface area contributed by atoms with Crippen LogP contribution < -0.4 is 0 Å². The van der Waals surface area contributed by atoms with E-state index < -0.39 is 0 Å². The molecular weight excluding hydrogens is 282 g/mol. The van der Waals surface area contributed by atoms with Crippen LogP contribution in [0.2, 0.25) is 0 Å². The fraction of sp³-hybridized carbons (Fsp3) is 0.500. The molecular formula is C16H19N3O3. The lowest BCUT2D eigenvalue weighted by atomic mass is 10.0. The summed E-state index contributed by atoms with van der Waals surface area (Å²) in [4.78, 5) is 33.1. The van der Waals surface area contributed by atoms with Gasteiger partial charge in [0.1, 0.15) is 0 Å². The Bertz CT molecular complexity index is 592. The number of likely N-dealkylation sites (tertiary alicyclic amines) is 2. The number of fused-ring (bicyclic) bond motifs is 1. The lowest BCUT2D eigenvalue weighted by molar-refractivity contribution is -0.128. The van der Waals surface area contributed by atoms with Crippen LogP contribution in [0.25, 0.3) is 0 Å². The molecule has 3 atom stereocenters. The fourth-order valence-electron chi connectivity index (χ4n) is 3.59. The molecule has 6 heteroatoms. The minimum Gasteiger partial charge on any atom is -0.342 e. The van der Waals surface area contributed by atoms with Crippen molar-refractivity contribution in [3.05, 3.63) is 35.9 Å². The molecule has 3 amide bonds. The van der Waals surface area contributed by atoms with E-state index in [9.17, 15) is 9.59 Å². The molecule has 3 aliphatic heterocycles. The van der Waals surface area contributed by atoms with E-state index in [1.165, 1.54) is 5.06 Å². The third kappa shape index (κ3) is 2.23. The van der Waals surface area contributed by atoms with Crippen LogP contribution in [0, 0.1) is 11.8 Å². The number of carbonyl (C=O) groups excluding carboxylic acids is 2. The van der Waals surface area contributed by atoms with Gasteiger partial charge in [-0.1, -0.05) is 30.3 Å². The molecule has 116 valence electrons. The highest BCUT2D eigenvalue weighted by molar-refractivity contribution is 5.76. The number of hydrogen-bond donors (Lipinski definition) is 0. The van der Waals surface area contributed by atoms with E-state index >= 15 is 0 Å². The third-order valence-corrected chi connectivity index (χ3v) is 4.86. The van der Waals surface area contributed by atoms with Crippen molar-refractivity contribution in [2.24, 2.45) is 11.8 Å². The molecule has 3 saturated heterocycles. The average molecular weight is 301 g/mol. The van der Waals surface area contributed by atoms with Gasteiger partial charge in [-0.3, -0.25) is 4.79 Å². The number of nitrogens with zero attached hydrogens (tertiary/aromatic N) is 3. The summed E-state index contributed by atoms with van der Waals surface area (Å²) in [7, 11) is 0. The van der Waals surface area contributed by atoms with Crippen LogP contribution in [-0.2, 0) is 9.63 Å². The van der Waals surface area contributed by atoms with Gasteiger partial charge in [-0.25, -0.2) is 9.63 Å². The predicted octanol–water partition coefficient (Wildman–Crippen LogP) is 1.46. The Labute approximate surface area is 129 Å². The largest absolute Gasteiger partial charge is 0.346 e. The molecule has 0 aromatic heterocycles. The van der Waals surface area contributed by atoms with Gasteiger partial charge in [-0.05, 0) is 0 Å². The molecule has 4 rings (SSSR count). The second-order valence-electron chi connectivity index (χ2n) is 6.33. The number of carbonyl (C=O) groups is 2. The Kier molecular flexibility index (Phi) is 3.07. The standard InChI is InChI=1S/C16H19N3O3/c1-11(20)17-7-13-9-18(10-14(13)8-17)16(21)19-15(22-19)12-5-3-2-4-6-12/h2-6,13-15H,7-10H2,1H3. The summed E-state index contributed by atoms with van der Waals surface area (Å²) in [6.07, 6.45) is -0.247. The van der Waals surface area contributed by atoms with Crippen LogP contribution in [-0.4, -0.2) is 53.0 Å². The molecule has 3 unspecified atom stereocenters. The molecule has 22 heavy (non-hydrogen) atoms.